The molecule has 2 aromatic rings. The first-order valence-electron chi connectivity index (χ1n) is 7.65. The van der Waals surface area contributed by atoms with Crippen molar-refractivity contribution < 1.29 is 4.79 Å². The zero-order valence-electron chi connectivity index (χ0n) is 13.3. The van der Waals surface area contributed by atoms with Crippen LogP contribution in [0.3, 0.4) is 0 Å². The molecule has 6 heteroatoms. The van der Waals surface area contributed by atoms with Gasteiger partial charge in [0.05, 0.1) is 11.6 Å². The van der Waals surface area contributed by atoms with Crippen LogP contribution in [0.2, 0.25) is 0 Å². The molecule has 1 aliphatic rings. The molecule has 118 valence electrons. The third-order valence-electron chi connectivity index (χ3n) is 4.43. The Morgan fingerprint density at radius 2 is 2.23 bits per heavy atom. The molecule has 0 saturated carbocycles. The fourth-order valence-electron chi connectivity index (χ4n) is 3.08. The average molecular weight is 318 g/mol. The maximum absolute atomic E-state index is 12.8. The van der Waals surface area contributed by atoms with Gasteiger partial charge in [-0.2, -0.15) is 11.3 Å². The molecule has 3 heterocycles. The van der Waals surface area contributed by atoms with Gasteiger partial charge in [0.15, 0.2) is 0 Å². The lowest BCUT2D eigenvalue weighted by Crippen LogP contribution is -2.51. The molecule has 1 atom stereocenters. The maximum atomic E-state index is 12.8. The molecule has 0 N–H and O–H groups in total. The first-order chi connectivity index (χ1) is 10.6. The normalized spacial score (nSPS) is 19.6. The van der Waals surface area contributed by atoms with Gasteiger partial charge >= 0.3 is 0 Å². The minimum Gasteiger partial charge on any atom is -0.337 e. The van der Waals surface area contributed by atoms with E-state index in [-0.39, 0.29) is 11.9 Å². The molecular formula is C16H22N4OS. The fourth-order valence-corrected chi connectivity index (χ4v) is 3.90. The van der Waals surface area contributed by atoms with Crippen LogP contribution >= 0.6 is 11.3 Å². The fraction of sp³-hybridized carbons (Fsp3) is 0.500. The first-order valence-corrected chi connectivity index (χ1v) is 8.59. The minimum atomic E-state index is 0.147. The van der Waals surface area contributed by atoms with Gasteiger partial charge in [-0.05, 0) is 24.4 Å². The lowest BCUT2D eigenvalue weighted by molar-refractivity contribution is 0.0472. The van der Waals surface area contributed by atoms with Gasteiger partial charge in [-0.3, -0.25) is 9.69 Å². The second kappa shape index (κ2) is 6.22. The molecule has 3 rings (SSSR count). The van der Waals surface area contributed by atoms with Crippen molar-refractivity contribution >= 4 is 17.2 Å². The maximum Gasteiger partial charge on any atom is 0.255 e. The predicted octanol–water partition coefficient (Wildman–Crippen LogP) is 2.31. The number of hydrogen-bond acceptors (Lipinski definition) is 4. The number of likely N-dealkylation sites (N-methyl/N-ethyl adjacent to an activating group) is 1. The van der Waals surface area contributed by atoms with Gasteiger partial charge in [0.2, 0.25) is 0 Å². The van der Waals surface area contributed by atoms with Gasteiger partial charge in [-0.15, -0.1) is 0 Å². The summed E-state index contributed by atoms with van der Waals surface area (Å²) in [6.07, 6.45) is 3.79. The number of hydrogen-bond donors (Lipinski definition) is 0. The van der Waals surface area contributed by atoms with Crippen LogP contribution in [0.5, 0.6) is 0 Å². The molecule has 0 radical (unpaired) electrons. The van der Waals surface area contributed by atoms with Crippen molar-refractivity contribution in [1.29, 1.82) is 0 Å². The highest BCUT2D eigenvalue weighted by Gasteiger charge is 2.32. The second-order valence-corrected chi connectivity index (χ2v) is 6.50. The Morgan fingerprint density at radius 3 is 2.82 bits per heavy atom. The third kappa shape index (κ3) is 2.68. The Balaban J connectivity index is 1.83. The number of aryl methyl sites for hydroxylation is 2. The van der Waals surface area contributed by atoms with E-state index in [1.165, 1.54) is 0 Å². The van der Waals surface area contributed by atoms with Crippen LogP contribution in [0.4, 0.5) is 0 Å². The lowest BCUT2D eigenvalue weighted by Gasteiger charge is -2.40. The van der Waals surface area contributed by atoms with Crippen LogP contribution in [-0.4, -0.2) is 51.4 Å². The number of piperazine rings is 1. The van der Waals surface area contributed by atoms with Crippen LogP contribution in [-0.2, 0) is 7.05 Å². The average Bonchev–Trinajstić information content (AvgIpc) is 3.14. The van der Waals surface area contributed by atoms with Gasteiger partial charge in [0, 0.05) is 44.5 Å². The van der Waals surface area contributed by atoms with Crippen molar-refractivity contribution in [2.24, 2.45) is 7.05 Å². The zero-order valence-corrected chi connectivity index (χ0v) is 14.1. The van der Waals surface area contributed by atoms with E-state index in [4.69, 9.17) is 0 Å². The number of nitrogens with zero attached hydrogens (tertiary/aromatic N) is 4. The third-order valence-corrected chi connectivity index (χ3v) is 5.29. The lowest BCUT2D eigenvalue weighted by atomic mass is 10.1. The molecule has 1 aliphatic heterocycles. The summed E-state index contributed by atoms with van der Waals surface area (Å²) in [5.41, 5.74) is 1.91. The summed E-state index contributed by atoms with van der Waals surface area (Å²) in [4.78, 5) is 21.6. The molecule has 0 aliphatic carbocycles. The Labute approximate surface area is 135 Å². The highest BCUT2D eigenvalue weighted by Crippen LogP contribution is 2.26. The van der Waals surface area contributed by atoms with E-state index in [2.05, 4.69) is 21.4 Å². The summed E-state index contributed by atoms with van der Waals surface area (Å²) in [7, 11) is 2.01. The largest absolute Gasteiger partial charge is 0.337 e. The SMILES string of the molecule is CCN1CCN(C(=O)c2cscc2C)C[C@@H]1c1nccn1C. The summed E-state index contributed by atoms with van der Waals surface area (Å²) >= 11 is 1.59. The molecule has 2 aromatic heterocycles. The zero-order chi connectivity index (χ0) is 15.7. The van der Waals surface area contributed by atoms with Crippen molar-refractivity contribution in [1.82, 2.24) is 19.4 Å². The number of aromatic nitrogens is 2. The number of amides is 1. The molecule has 0 bridgehead atoms. The van der Waals surface area contributed by atoms with E-state index in [1.54, 1.807) is 11.3 Å². The molecule has 5 nitrogen and oxygen atoms in total. The highest BCUT2D eigenvalue weighted by molar-refractivity contribution is 7.08. The van der Waals surface area contributed by atoms with Gasteiger partial charge < -0.3 is 9.47 Å². The Morgan fingerprint density at radius 1 is 1.41 bits per heavy atom. The van der Waals surface area contributed by atoms with E-state index in [0.29, 0.717) is 6.54 Å². The quantitative estimate of drug-likeness (QED) is 0.872. The first kappa shape index (κ1) is 15.2. The standard InChI is InChI=1S/C16H22N4OS/c1-4-19-7-8-20(16(21)13-11-22-10-12(13)2)9-14(19)15-17-5-6-18(15)3/h5-6,10-11,14H,4,7-9H2,1-3H3/t14-/m1/s1. The topological polar surface area (TPSA) is 41.4 Å². The number of carbonyl (C=O) groups is 1. The number of carbonyl (C=O) groups excluding carboxylic acids is 1. The molecule has 1 amide bonds. The van der Waals surface area contributed by atoms with Crippen molar-refractivity contribution in [3.05, 3.63) is 40.1 Å². The van der Waals surface area contributed by atoms with Crippen molar-refractivity contribution in [2.75, 3.05) is 26.2 Å². The second-order valence-electron chi connectivity index (χ2n) is 5.76. The molecule has 1 fully saturated rings. The molecule has 0 spiro atoms. The van der Waals surface area contributed by atoms with E-state index in [0.717, 1.165) is 36.6 Å². The van der Waals surface area contributed by atoms with E-state index in [9.17, 15) is 4.79 Å². The molecule has 0 aromatic carbocycles. The van der Waals surface area contributed by atoms with Crippen LogP contribution in [0, 0.1) is 6.92 Å². The van der Waals surface area contributed by atoms with Gasteiger partial charge in [-0.1, -0.05) is 6.92 Å². The van der Waals surface area contributed by atoms with Crippen LogP contribution in [0.1, 0.15) is 34.7 Å². The Hall–Kier alpha value is -1.66. The molecule has 0 unspecified atom stereocenters. The van der Waals surface area contributed by atoms with Crippen molar-refractivity contribution in [2.45, 2.75) is 19.9 Å². The van der Waals surface area contributed by atoms with Gasteiger partial charge in [-0.25, -0.2) is 4.98 Å². The Kier molecular flexibility index (Phi) is 4.31. The van der Waals surface area contributed by atoms with Crippen LogP contribution in [0.15, 0.2) is 23.2 Å². The predicted molar refractivity (Wildman–Crippen MR) is 88.2 cm³/mol. The number of rotatable bonds is 3. The molecule has 22 heavy (non-hydrogen) atoms. The van der Waals surface area contributed by atoms with E-state index in [1.807, 2.05) is 42.0 Å². The summed E-state index contributed by atoms with van der Waals surface area (Å²) in [5.74, 6) is 1.18. The minimum absolute atomic E-state index is 0.147. The Bertz CT molecular complexity index is 663. The van der Waals surface area contributed by atoms with Gasteiger partial charge in [0.1, 0.15) is 5.82 Å². The van der Waals surface area contributed by atoms with Crippen LogP contribution < -0.4 is 0 Å². The van der Waals surface area contributed by atoms with Crippen LogP contribution in [0.25, 0.3) is 0 Å². The summed E-state index contributed by atoms with van der Waals surface area (Å²) < 4.78 is 2.05. The summed E-state index contributed by atoms with van der Waals surface area (Å²) in [6.45, 7) is 7.51. The van der Waals surface area contributed by atoms with E-state index < -0.39 is 0 Å². The number of thiophene rings is 1. The number of imidazole rings is 1. The van der Waals surface area contributed by atoms with E-state index >= 15 is 0 Å². The molecule has 1 saturated heterocycles. The monoisotopic (exact) mass is 318 g/mol. The molecular weight excluding hydrogens is 296 g/mol. The smallest absolute Gasteiger partial charge is 0.255 e. The summed E-state index contributed by atoms with van der Waals surface area (Å²) in [6, 6.07) is 0.168. The van der Waals surface area contributed by atoms with Gasteiger partial charge in [0.25, 0.3) is 5.91 Å². The summed E-state index contributed by atoms with van der Waals surface area (Å²) in [5, 5.41) is 3.99. The van der Waals surface area contributed by atoms with Crippen molar-refractivity contribution in [3.8, 4) is 0 Å². The highest BCUT2D eigenvalue weighted by atomic mass is 32.1. The van der Waals surface area contributed by atoms with Crippen molar-refractivity contribution in [3.63, 3.8) is 0 Å².